The topological polar surface area (TPSA) is 217 Å². The number of fused-ring (bicyclic) bond motifs is 1. The summed E-state index contributed by atoms with van der Waals surface area (Å²) in [6.07, 6.45) is -14.0. The van der Waals surface area contributed by atoms with Crippen molar-refractivity contribution in [3.05, 3.63) is 52.2 Å². The molecule has 7 N–H and O–H groups in total. The van der Waals surface area contributed by atoms with Crippen LogP contribution < -0.4 is 5.43 Å². The average Bonchev–Trinajstić information content (AvgIpc) is 2.91. The number of ketones is 1. The predicted molar refractivity (Wildman–Crippen MR) is 134 cm³/mol. The van der Waals surface area contributed by atoms with Gasteiger partial charge in [0.25, 0.3) is 0 Å². The Morgan fingerprint density at radius 1 is 0.850 bits per heavy atom. The summed E-state index contributed by atoms with van der Waals surface area (Å²) in [5.41, 5.74) is -0.853. The van der Waals surface area contributed by atoms with Crippen LogP contribution in [0.4, 0.5) is 0 Å². The summed E-state index contributed by atoms with van der Waals surface area (Å²) < 4.78 is 22.6. The van der Waals surface area contributed by atoms with Crippen molar-refractivity contribution in [1.82, 2.24) is 0 Å². The van der Waals surface area contributed by atoms with Gasteiger partial charge in [-0.1, -0.05) is 0 Å². The van der Waals surface area contributed by atoms with Gasteiger partial charge in [-0.3, -0.25) is 9.59 Å². The quantitative estimate of drug-likeness (QED) is 0.227. The molecular weight excluding hydrogens is 532 g/mol. The zero-order chi connectivity index (χ0) is 29.0. The fourth-order valence-electron chi connectivity index (χ4n) is 4.94. The molecular formula is C27H28O13. The second-order valence-corrected chi connectivity index (χ2v) is 9.88. The first-order chi connectivity index (χ1) is 18.9. The number of carbonyl (C=O) groups excluding carboxylic acids is 1. The summed E-state index contributed by atoms with van der Waals surface area (Å²) in [5, 5.41) is 72.7. The third-order valence-corrected chi connectivity index (χ3v) is 7.20. The monoisotopic (exact) mass is 560 g/mol. The van der Waals surface area contributed by atoms with Crippen molar-refractivity contribution in [1.29, 1.82) is 0 Å². The van der Waals surface area contributed by atoms with Gasteiger partial charge in [-0.25, -0.2) is 0 Å². The summed E-state index contributed by atoms with van der Waals surface area (Å²) in [4.78, 5) is 25.7. The first kappa shape index (κ1) is 28.0. The number of aliphatic hydroxyl groups excluding tert-OH is 4. The van der Waals surface area contributed by atoms with Crippen LogP contribution in [0.15, 0.2) is 45.6 Å². The van der Waals surface area contributed by atoms with E-state index in [1.807, 2.05) is 0 Å². The van der Waals surface area contributed by atoms with Crippen molar-refractivity contribution in [2.45, 2.75) is 69.0 Å². The maximum absolute atomic E-state index is 13.1. The Balaban J connectivity index is 1.58. The fourth-order valence-corrected chi connectivity index (χ4v) is 4.94. The lowest BCUT2D eigenvalue weighted by Crippen LogP contribution is -2.60. The zero-order valence-electron chi connectivity index (χ0n) is 21.2. The van der Waals surface area contributed by atoms with E-state index in [4.69, 9.17) is 18.6 Å². The van der Waals surface area contributed by atoms with E-state index in [2.05, 4.69) is 0 Å². The normalized spacial score (nSPS) is 32.9. The average molecular weight is 561 g/mol. The number of rotatable bonds is 4. The summed E-state index contributed by atoms with van der Waals surface area (Å²) in [5.74, 6) is -2.11. The van der Waals surface area contributed by atoms with Crippen molar-refractivity contribution >= 4 is 16.8 Å². The number of ether oxygens (including phenoxy) is 3. The lowest BCUT2D eigenvalue weighted by atomic mass is 9.90. The molecule has 3 aromatic rings. The Kier molecular flexibility index (Phi) is 7.31. The summed E-state index contributed by atoms with van der Waals surface area (Å²) in [6.45, 7) is 2.73. The Hall–Kier alpha value is -3.56. The number of aromatic hydroxyl groups is 3. The van der Waals surface area contributed by atoms with Crippen molar-refractivity contribution in [2.24, 2.45) is 0 Å². The van der Waals surface area contributed by atoms with E-state index in [9.17, 15) is 45.3 Å². The highest BCUT2D eigenvalue weighted by atomic mass is 16.7. The Morgan fingerprint density at radius 3 is 2.20 bits per heavy atom. The van der Waals surface area contributed by atoms with Gasteiger partial charge < -0.3 is 54.4 Å². The highest BCUT2D eigenvalue weighted by Gasteiger charge is 2.50. The van der Waals surface area contributed by atoms with E-state index in [0.717, 1.165) is 12.1 Å². The first-order valence-electron chi connectivity index (χ1n) is 12.4. The van der Waals surface area contributed by atoms with Gasteiger partial charge in [0.15, 0.2) is 17.5 Å². The molecule has 40 heavy (non-hydrogen) atoms. The molecule has 13 heteroatoms. The molecule has 9 atom stereocenters. The Bertz CT molecular complexity index is 1480. The van der Waals surface area contributed by atoms with Crippen molar-refractivity contribution in [3.8, 4) is 28.6 Å². The Labute approximate surface area is 226 Å². The van der Waals surface area contributed by atoms with Gasteiger partial charge in [0.1, 0.15) is 76.7 Å². The highest BCUT2D eigenvalue weighted by Crippen LogP contribution is 2.45. The minimum atomic E-state index is -1.90. The van der Waals surface area contributed by atoms with Gasteiger partial charge in [-0.15, -0.1) is 0 Å². The molecule has 3 heterocycles. The second-order valence-electron chi connectivity index (χ2n) is 9.88. The number of phenolic OH excluding ortho intramolecular Hbond substituents is 3. The molecule has 0 amide bonds. The molecule has 0 spiro atoms. The van der Waals surface area contributed by atoms with E-state index in [1.165, 1.54) is 38.1 Å². The van der Waals surface area contributed by atoms with Crippen LogP contribution in [0.3, 0.4) is 0 Å². The molecule has 0 radical (unpaired) electrons. The minimum Gasteiger partial charge on any atom is -0.508 e. The van der Waals surface area contributed by atoms with Gasteiger partial charge in [-0.2, -0.15) is 0 Å². The van der Waals surface area contributed by atoms with Crippen LogP contribution in [-0.4, -0.2) is 90.5 Å². The van der Waals surface area contributed by atoms with Crippen molar-refractivity contribution in [3.63, 3.8) is 0 Å². The molecule has 2 aromatic carbocycles. The van der Waals surface area contributed by atoms with Gasteiger partial charge in [0.05, 0.1) is 11.7 Å². The van der Waals surface area contributed by atoms with Crippen molar-refractivity contribution < 1.29 is 59.2 Å². The Morgan fingerprint density at radius 2 is 1.52 bits per heavy atom. The van der Waals surface area contributed by atoms with Crippen LogP contribution in [0.2, 0.25) is 0 Å². The highest BCUT2D eigenvalue weighted by molar-refractivity contribution is 5.90. The molecule has 13 nitrogen and oxygen atoms in total. The molecule has 0 saturated carbocycles. The molecule has 5 rings (SSSR count). The smallest absolute Gasteiger partial charge is 0.197 e. The largest absolute Gasteiger partial charge is 0.508 e. The number of carbonyl (C=O) groups is 1. The molecule has 1 aromatic heterocycles. The number of hydrogen-bond donors (Lipinski definition) is 7. The second kappa shape index (κ2) is 10.4. The molecule has 2 aliphatic rings. The van der Waals surface area contributed by atoms with Crippen LogP contribution >= 0.6 is 0 Å². The van der Waals surface area contributed by atoms with Crippen molar-refractivity contribution in [2.75, 3.05) is 0 Å². The van der Waals surface area contributed by atoms with Crippen LogP contribution in [0.1, 0.15) is 25.5 Å². The van der Waals surface area contributed by atoms with Gasteiger partial charge in [0.2, 0.25) is 0 Å². The van der Waals surface area contributed by atoms with E-state index >= 15 is 0 Å². The molecule has 2 saturated heterocycles. The third kappa shape index (κ3) is 4.71. The molecule has 0 aliphatic carbocycles. The maximum Gasteiger partial charge on any atom is 0.197 e. The molecule has 214 valence electrons. The lowest BCUT2D eigenvalue weighted by Gasteiger charge is -2.44. The number of hydrogen-bond acceptors (Lipinski definition) is 13. The fraction of sp³-hybridized carbons (Fsp3) is 0.407. The van der Waals surface area contributed by atoms with Gasteiger partial charge >= 0.3 is 0 Å². The predicted octanol–water partition coefficient (Wildman–Crippen LogP) is 0.179. The third-order valence-electron chi connectivity index (χ3n) is 7.20. The number of aliphatic hydroxyl groups is 4. The molecule has 2 fully saturated rings. The minimum absolute atomic E-state index is 0.00254. The molecule has 4 unspecified atom stereocenters. The standard InChI is InChI=1S/C27H28O13/c1-9-20(32)23(35)26(40-27-24(36)22(34)19(31)10(2)38-27)25(37-9)18-14(30)8-16-17(21(18)33)13(29)7-15(39-16)11-3-5-12(28)6-4-11/h3-10,19,22-28,30-31,33-36H,1-2H3/t9?,10?,19-,22-,23-,24?,25+,26?,27-/m0/s1. The van der Waals surface area contributed by atoms with E-state index in [-0.39, 0.29) is 22.5 Å². The maximum atomic E-state index is 13.1. The first-order valence-corrected chi connectivity index (χ1v) is 12.4. The molecule has 2 aliphatic heterocycles. The number of benzene rings is 2. The molecule has 0 bridgehead atoms. The van der Waals surface area contributed by atoms with Gasteiger partial charge in [-0.05, 0) is 38.1 Å². The summed E-state index contributed by atoms with van der Waals surface area (Å²) in [6, 6.07) is 7.94. The van der Waals surface area contributed by atoms with Crippen LogP contribution in [0, 0.1) is 0 Å². The van der Waals surface area contributed by atoms with E-state index < -0.39 is 83.4 Å². The van der Waals surface area contributed by atoms with Crippen LogP contribution in [0.5, 0.6) is 17.2 Å². The number of phenols is 3. The van der Waals surface area contributed by atoms with Gasteiger partial charge in [0, 0.05) is 17.7 Å². The van der Waals surface area contributed by atoms with Crippen LogP contribution in [0.25, 0.3) is 22.3 Å². The summed E-state index contributed by atoms with van der Waals surface area (Å²) in [7, 11) is 0. The number of Topliss-reactive ketones (excluding diaryl/α,β-unsaturated/α-hetero) is 1. The zero-order valence-corrected chi connectivity index (χ0v) is 21.2. The SMILES string of the molecule is CC1O[C@H](c2c(O)cc3oc(-c4ccc(O)cc4)cc(=O)c3c2O)C(O[C@@H]2OC(C)[C@H](O)[C@H](O)C2O)[C@@H](O)C1=O. The van der Waals surface area contributed by atoms with E-state index in [1.54, 1.807) is 0 Å². The summed E-state index contributed by atoms with van der Waals surface area (Å²) >= 11 is 0. The lowest BCUT2D eigenvalue weighted by molar-refractivity contribution is -0.323. The van der Waals surface area contributed by atoms with Crippen LogP contribution in [-0.2, 0) is 19.0 Å². The van der Waals surface area contributed by atoms with E-state index in [0.29, 0.717) is 5.56 Å².